The number of pyridine rings is 1. The second-order valence-corrected chi connectivity index (χ2v) is 9.37. The second-order valence-electron chi connectivity index (χ2n) is 8.28. The van der Waals surface area contributed by atoms with Gasteiger partial charge in [0.2, 0.25) is 0 Å². The zero-order valence-corrected chi connectivity index (χ0v) is 19.2. The zero-order chi connectivity index (χ0) is 23.9. The van der Waals surface area contributed by atoms with Gasteiger partial charge in [-0.3, -0.25) is 9.78 Å². The van der Waals surface area contributed by atoms with Crippen LogP contribution >= 0.6 is 11.3 Å². The molecule has 6 rings (SSSR count). The minimum Gasteiger partial charge on any atom is -0.508 e. The number of para-hydroxylation sites is 1. The van der Waals surface area contributed by atoms with Crippen molar-refractivity contribution in [1.29, 1.82) is 0 Å². The van der Waals surface area contributed by atoms with Crippen LogP contribution in [0, 0.1) is 0 Å². The monoisotopic (exact) mass is 480 g/mol. The zero-order valence-electron chi connectivity index (χ0n) is 18.4. The van der Waals surface area contributed by atoms with Crippen LogP contribution in [0.15, 0.2) is 90.4 Å². The molecule has 3 N–H and O–H groups in total. The van der Waals surface area contributed by atoms with Crippen LogP contribution < -0.4 is 0 Å². The molecule has 0 radical (unpaired) electrons. The van der Waals surface area contributed by atoms with Gasteiger partial charge in [0, 0.05) is 57.4 Å². The summed E-state index contributed by atoms with van der Waals surface area (Å²) < 4.78 is 0. The number of thiophene rings is 1. The number of aromatic nitrogens is 2. The average Bonchev–Trinajstić information content (AvgIpc) is 3.64. The standard InChI is InChI=1S/C27H20N4O3S/c32-23-9-2-1-6-19(23)22-13-21(16-5-4-12-28-14-16)30-31(22)27(34)25-11-10-24(35-25)17-7-3-8-18-20(17)15-29-26(18)33/h1-12,14-15,22,29,32-33H,13H2. The predicted molar refractivity (Wildman–Crippen MR) is 136 cm³/mol. The molecule has 0 spiro atoms. The molecule has 1 aliphatic rings. The van der Waals surface area contributed by atoms with Crippen LogP contribution in [-0.2, 0) is 0 Å². The summed E-state index contributed by atoms with van der Waals surface area (Å²) in [6, 6.07) is 19.8. The van der Waals surface area contributed by atoms with Gasteiger partial charge in [0.15, 0.2) is 5.88 Å². The van der Waals surface area contributed by atoms with Gasteiger partial charge in [-0.2, -0.15) is 5.10 Å². The predicted octanol–water partition coefficient (Wildman–Crippen LogP) is 5.69. The van der Waals surface area contributed by atoms with Gasteiger partial charge in [0.1, 0.15) is 5.75 Å². The first-order valence-electron chi connectivity index (χ1n) is 11.1. The molecule has 4 heterocycles. The van der Waals surface area contributed by atoms with Crippen molar-refractivity contribution in [3.63, 3.8) is 0 Å². The van der Waals surface area contributed by atoms with Gasteiger partial charge in [-0.15, -0.1) is 11.3 Å². The van der Waals surface area contributed by atoms with E-state index in [1.165, 1.54) is 16.3 Å². The molecule has 0 bridgehead atoms. The van der Waals surface area contributed by atoms with E-state index in [0.29, 0.717) is 16.9 Å². The third-order valence-corrected chi connectivity index (χ3v) is 7.31. The van der Waals surface area contributed by atoms with Gasteiger partial charge < -0.3 is 15.2 Å². The highest BCUT2D eigenvalue weighted by atomic mass is 32.1. The number of aromatic hydroxyl groups is 2. The smallest absolute Gasteiger partial charge is 0.284 e. The molecule has 172 valence electrons. The van der Waals surface area contributed by atoms with Gasteiger partial charge in [-0.25, -0.2) is 5.01 Å². The normalized spacial score (nSPS) is 15.5. The molecule has 2 aromatic carbocycles. The molecular formula is C27H20N4O3S. The number of aromatic amines is 1. The van der Waals surface area contributed by atoms with E-state index in [1.807, 2.05) is 48.5 Å². The molecule has 0 saturated heterocycles. The van der Waals surface area contributed by atoms with Crippen molar-refractivity contribution in [3.8, 4) is 22.1 Å². The van der Waals surface area contributed by atoms with Gasteiger partial charge >= 0.3 is 0 Å². The van der Waals surface area contributed by atoms with Crippen LogP contribution in [0.4, 0.5) is 0 Å². The van der Waals surface area contributed by atoms with E-state index in [-0.39, 0.29) is 17.5 Å². The van der Waals surface area contributed by atoms with E-state index in [9.17, 15) is 15.0 Å². The van der Waals surface area contributed by atoms with Crippen molar-refractivity contribution in [2.75, 3.05) is 0 Å². The highest BCUT2D eigenvalue weighted by Crippen LogP contribution is 2.40. The van der Waals surface area contributed by atoms with Crippen molar-refractivity contribution in [3.05, 3.63) is 101 Å². The lowest BCUT2D eigenvalue weighted by molar-refractivity contribution is 0.0714. The number of fused-ring (bicyclic) bond motifs is 1. The molecule has 0 fully saturated rings. The van der Waals surface area contributed by atoms with Gasteiger partial charge in [0.05, 0.1) is 16.6 Å². The minimum absolute atomic E-state index is 0.120. The molecule has 35 heavy (non-hydrogen) atoms. The van der Waals surface area contributed by atoms with Gasteiger partial charge in [0.25, 0.3) is 5.91 Å². The molecule has 0 saturated carbocycles. The Balaban J connectivity index is 1.39. The number of carbonyl (C=O) groups excluding carboxylic acids is 1. The van der Waals surface area contributed by atoms with Crippen LogP contribution in [0.1, 0.15) is 33.3 Å². The molecule has 0 aliphatic carbocycles. The summed E-state index contributed by atoms with van der Waals surface area (Å²) in [6.07, 6.45) is 5.65. The van der Waals surface area contributed by atoms with E-state index in [4.69, 9.17) is 0 Å². The number of hydrazone groups is 1. The topological polar surface area (TPSA) is 102 Å². The van der Waals surface area contributed by atoms with E-state index >= 15 is 0 Å². The van der Waals surface area contributed by atoms with Crippen LogP contribution in [-0.4, -0.2) is 36.8 Å². The largest absolute Gasteiger partial charge is 0.508 e. The van der Waals surface area contributed by atoms with Crippen molar-refractivity contribution in [2.45, 2.75) is 12.5 Å². The third-order valence-electron chi connectivity index (χ3n) is 6.21. The Labute approximate surface area is 204 Å². The lowest BCUT2D eigenvalue weighted by Crippen LogP contribution is -2.26. The molecule has 3 aromatic heterocycles. The van der Waals surface area contributed by atoms with Gasteiger partial charge in [-0.1, -0.05) is 36.4 Å². The SMILES string of the molecule is O=C(c1ccc(-c2cccc3c(O)[nH]cc23)s1)N1N=C(c2cccnc2)CC1c1ccccc1O. The highest BCUT2D eigenvalue weighted by Gasteiger charge is 2.35. The van der Waals surface area contributed by atoms with Crippen LogP contribution in [0.3, 0.4) is 0 Å². The van der Waals surface area contributed by atoms with Crippen LogP contribution in [0.5, 0.6) is 11.6 Å². The van der Waals surface area contributed by atoms with Crippen molar-refractivity contribution >= 4 is 33.7 Å². The fourth-order valence-corrected chi connectivity index (χ4v) is 5.47. The Morgan fingerprint density at radius 2 is 1.89 bits per heavy atom. The van der Waals surface area contributed by atoms with E-state index in [2.05, 4.69) is 15.1 Å². The quantitative estimate of drug-likeness (QED) is 0.307. The van der Waals surface area contributed by atoms with E-state index in [0.717, 1.165) is 32.5 Å². The number of H-pyrrole nitrogens is 1. The fraction of sp³-hybridized carbons (Fsp3) is 0.0741. The maximum atomic E-state index is 13.7. The number of phenols is 1. The Kier molecular flexibility index (Phi) is 5.08. The van der Waals surface area contributed by atoms with Crippen molar-refractivity contribution in [1.82, 2.24) is 15.0 Å². The van der Waals surface area contributed by atoms with E-state index in [1.54, 1.807) is 36.8 Å². The summed E-state index contributed by atoms with van der Waals surface area (Å²) in [5.41, 5.74) is 3.16. The molecule has 8 heteroatoms. The lowest BCUT2D eigenvalue weighted by atomic mass is 9.98. The van der Waals surface area contributed by atoms with Crippen LogP contribution in [0.25, 0.3) is 21.2 Å². The average molecular weight is 481 g/mol. The lowest BCUT2D eigenvalue weighted by Gasteiger charge is -2.22. The molecule has 1 atom stereocenters. The maximum absolute atomic E-state index is 13.7. The summed E-state index contributed by atoms with van der Waals surface area (Å²) in [5.74, 6) is 0.00999. The number of carbonyl (C=O) groups is 1. The number of rotatable bonds is 4. The third kappa shape index (κ3) is 3.64. The highest BCUT2D eigenvalue weighted by molar-refractivity contribution is 7.17. The Bertz CT molecular complexity index is 1590. The first kappa shape index (κ1) is 21.1. The summed E-state index contributed by atoms with van der Waals surface area (Å²) in [5, 5.41) is 28.3. The Morgan fingerprint density at radius 3 is 2.71 bits per heavy atom. The number of amides is 1. The molecule has 7 nitrogen and oxygen atoms in total. The second kappa shape index (κ2) is 8.41. The van der Waals surface area contributed by atoms with Crippen LogP contribution in [0.2, 0.25) is 0 Å². The molecule has 5 aromatic rings. The summed E-state index contributed by atoms with van der Waals surface area (Å²) in [7, 11) is 0. The van der Waals surface area contributed by atoms with Crippen molar-refractivity contribution < 1.29 is 15.0 Å². The number of phenolic OH excluding ortho intramolecular Hbond substituents is 1. The number of hydrogen-bond acceptors (Lipinski definition) is 6. The summed E-state index contributed by atoms with van der Waals surface area (Å²) >= 11 is 1.37. The first-order chi connectivity index (χ1) is 17.1. The summed E-state index contributed by atoms with van der Waals surface area (Å²) in [4.78, 5) is 22.2. The number of hydrogen-bond donors (Lipinski definition) is 3. The molecule has 1 unspecified atom stereocenters. The fourth-order valence-electron chi connectivity index (χ4n) is 4.49. The van der Waals surface area contributed by atoms with Crippen molar-refractivity contribution in [2.24, 2.45) is 5.10 Å². The number of nitrogens with one attached hydrogen (secondary N) is 1. The Morgan fingerprint density at radius 1 is 1.00 bits per heavy atom. The number of benzene rings is 2. The first-order valence-corrected chi connectivity index (χ1v) is 11.9. The Hall–Kier alpha value is -4.43. The minimum atomic E-state index is -0.436. The number of nitrogens with zero attached hydrogens (tertiary/aromatic N) is 3. The van der Waals surface area contributed by atoms with E-state index < -0.39 is 6.04 Å². The van der Waals surface area contributed by atoms with Gasteiger partial charge in [-0.05, 0) is 30.3 Å². The maximum Gasteiger partial charge on any atom is 0.284 e. The molecular weight excluding hydrogens is 460 g/mol. The summed E-state index contributed by atoms with van der Waals surface area (Å²) in [6.45, 7) is 0. The molecule has 1 amide bonds. The molecule has 1 aliphatic heterocycles.